The SMILES string of the molecule is CS(=O)(=O)C1(c2nc(Cc3ccccc3Cl)no2)CCC1. The molecule has 0 aliphatic heterocycles. The summed E-state index contributed by atoms with van der Waals surface area (Å²) in [6.45, 7) is 0. The van der Waals surface area contributed by atoms with Crippen LogP contribution >= 0.6 is 11.6 Å². The van der Waals surface area contributed by atoms with Crippen LogP contribution in [0.15, 0.2) is 28.8 Å². The highest BCUT2D eigenvalue weighted by Gasteiger charge is 2.52. The van der Waals surface area contributed by atoms with Crippen LogP contribution in [0.25, 0.3) is 0 Å². The molecule has 1 aromatic carbocycles. The molecule has 0 N–H and O–H groups in total. The van der Waals surface area contributed by atoms with E-state index in [0.717, 1.165) is 12.0 Å². The van der Waals surface area contributed by atoms with E-state index in [1.807, 2.05) is 18.2 Å². The summed E-state index contributed by atoms with van der Waals surface area (Å²) in [5, 5.41) is 4.53. The fraction of sp³-hybridized carbons (Fsp3) is 0.429. The lowest BCUT2D eigenvalue weighted by Gasteiger charge is -2.36. The average molecular weight is 327 g/mol. The second-order valence-electron chi connectivity index (χ2n) is 5.40. The van der Waals surface area contributed by atoms with Crippen molar-refractivity contribution in [1.82, 2.24) is 10.1 Å². The fourth-order valence-electron chi connectivity index (χ4n) is 2.56. The molecule has 0 radical (unpaired) electrons. The Bertz CT molecular complexity index is 766. The lowest BCUT2D eigenvalue weighted by Crippen LogP contribution is -2.42. The zero-order chi connectivity index (χ0) is 15.1. The highest BCUT2D eigenvalue weighted by atomic mass is 35.5. The lowest BCUT2D eigenvalue weighted by molar-refractivity contribution is 0.251. The molecule has 1 saturated carbocycles. The number of nitrogens with zero attached hydrogens (tertiary/aromatic N) is 2. The molecule has 5 nitrogen and oxygen atoms in total. The Morgan fingerprint density at radius 2 is 2.05 bits per heavy atom. The van der Waals surface area contributed by atoms with Gasteiger partial charge in [-0.3, -0.25) is 0 Å². The van der Waals surface area contributed by atoms with E-state index >= 15 is 0 Å². The van der Waals surface area contributed by atoms with E-state index in [9.17, 15) is 8.42 Å². The van der Waals surface area contributed by atoms with E-state index in [2.05, 4.69) is 10.1 Å². The third-order valence-electron chi connectivity index (χ3n) is 4.04. The summed E-state index contributed by atoms with van der Waals surface area (Å²) in [6.07, 6.45) is 3.58. The molecular formula is C14H15ClN2O3S. The standard InChI is InChI=1S/C14H15ClN2O3S/c1-21(18,19)14(7-4-8-14)13-16-12(17-20-13)9-10-5-2-3-6-11(10)15/h2-3,5-6H,4,7-9H2,1H3. The number of hydrogen-bond donors (Lipinski definition) is 0. The first kappa shape index (κ1) is 14.5. The first-order chi connectivity index (χ1) is 9.92. The average Bonchev–Trinajstić information content (AvgIpc) is 2.77. The van der Waals surface area contributed by atoms with Gasteiger partial charge in [-0.2, -0.15) is 4.98 Å². The van der Waals surface area contributed by atoms with E-state index in [4.69, 9.17) is 16.1 Å². The van der Waals surface area contributed by atoms with E-state index < -0.39 is 14.6 Å². The summed E-state index contributed by atoms with van der Waals surface area (Å²) in [5.74, 6) is 0.659. The van der Waals surface area contributed by atoms with Crippen LogP contribution in [-0.2, 0) is 21.0 Å². The Labute approximate surface area is 128 Å². The first-order valence-corrected chi connectivity index (χ1v) is 8.95. The third-order valence-corrected chi connectivity index (χ3v) is 6.41. The summed E-state index contributed by atoms with van der Waals surface area (Å²) < 4.78 is 28.3. The Morgan fingerprint density at radius 1 is 1.33 bits per heavy atom. The van der Waals surface area contributed by atoms with E-state index in [1.165, 1.54) is 6.26 Å². The van der Waals surface area contributed by atoms with Gasteiger partial charge in [-0.15, -0.1) is 0 Å². The van der Waals surface area contributed by atoms with Crippen LogP contribution in [0.3, 0.4) is 0 Å². The van der Waals surface area contributed by atoms with Gasteiger partial charge in [-0.25, -0.2) is 8.42 Å². The number of sulfone groups is 1. The molecule has 0 atom stereocenters. The van der Waals surface area contributed by atoms with Crippen LogP contribution in [0.2, 0.25) is 5.02 Å². The van der Waals surface area contributed by atoms with Crippen molar-refractivity contribution in [2.24, 2.45) is 0 Å². The maximum Gasteiger partial charge on any atom is 0.248 e. The van der Waals surface area contributed by atoms with Gasteiger partial charge in [0, 0.05) is 17.7 Å². The number of aromatic nitrogens is 2. The van der Waals surface area contributed by atoms with E-state index in [-0.39, 0.29) is 5.89 Å². The second-order valence-corrected chi connectivity index (χ2v) is 8.14. The number of rotatable bonds is 4. The Morgan fingerprint density at radius 3 is 2.62 bits per heavy atom. The zero-order valence-electron chi connectivity index (χ0n) is 11.5. The quantitative estimate of drug-likeness (QED) is 0.863. The Balaban J connectivity index is 1.89. The summed E-state index contributed by atoms with van der Waals surface area (Å²) in [6, 6.07) is 7.41. The number of benzene rings is 1. The number of hydrogen-bond acceptors (Lipinski definition) is 5. The van der Waals surface area contributed by atoms with Gasteiger partial charge in [0.2, 0.25) is 5.89 Å². The maximum atomic E-state index is 12.0. The molecule has 3 rings (SSSR count). The molecule has 1 aliphatic rings. The van der Waals surface area contributed by atoms with Gasteiger partial charge in [0.25, 0.3) is 0 Å². The van der Waals surface area contributed by atoms with Crippen LogP contribution in [-0.4, -0.2) is 24.8 Å². The predicted octanol–water partition coefficient (Wildman–Crippen LogP) is 2.74. The monoisotopic (exact) mass is 326 g/mol. The normalized spacial score (nSPS) is 17.4. The topological polar surface area (TPSA) is 73.1 Å². The molecule has 0 spiro atoms. The van der Waals surface area contributed by atoms with Crippen LogP contribution in [0.4, 0.5) is 0 Å². The largest absolute Gasteiger partial charge is 0.338 e. The molecule has 0 bridgehead atoms. The van der Waals surface area contributed by atoms with Gasteiger partial charge in [-0.1, -0.05) is 35.0 Å². The summed E-state index contributed by atoms with van der Waals surface area (Å²) in [7, 11) is -3.27. The Hall–Kier alpha value is -1.40. The number of halogens is 1. The van der Waals surface area contributed by atoms with Crippen molar-refractivity contribution >= 4 is 21.4 Å². The summed E-state index contributed by atoms with van der Waals surface area (Å²) in [5.41, 5.74) is 0.883. The minimum Gasteiger partial charge on any atom is -0.338 e. The molecule has 21 heavy (non-hydrogen) atoms. The molecule has 1 heterocycles. The molecule has 1 fully saturated rings. The maximum absolute atomic E-state index is 12.0. The van der Waals surface area contributed by atoms with Crippen LogP contribution in [0, 0.1) is 0 Å². The van der Waals surface area contributed by atoms with E-state index in [1.54, 1.807) is 6.07 Å². The second kappa shape index (κ2) is 5.10. The van der Waals surface area contributed by atoms with Crippen molar-refractivity contribution in [3.8, 4) is 0 Å². The minimum absolute atomic E-state index is 0.207. The highest BCUT2D eigenvalue weighted by Crippen LogP contribution is 2.47. The van der Waals surface area contributed by atoms with Crippen molar-refractivity contribution < 1.29 is 12.9 Å². The van der Waals surface area contributed by atoms with Gasteiger partial charge in [0.1, 0.15) is 0 Å². The van der Waals surface area contributed by atoms with Gasteiger partial charge in [0.05, 0.1) is 0 Å². The van der Waals surface area contributed by atoms with Gasteiger partial charge >= 0.3 is 0 Å². The molecule has 2 aromatic rings. The molecule has 1 aromatic heterocycles. The minimum atomic E-state index is -3.27. The van der Waals surface area contributed by atoms with Crippen molar-refractivity contribution in [3.63, 3.8) is 0 Å². The molecule has 0 unspecified atom stereocenters. The van der Waals surface area contributed by atoms with Crippen molar-refractivity contribution in [2.75, 3.05) is 6.26 Å². The fourth-order valence-corrected chi connectivity index (χ4v) is 4.20. The summed E-state index contributed by atoms with van der Waals surface area (Å²) >= 11 is 6.10. The molecule has 0 saturated heterocycles. The molecule has 0 amide bonds. The van der Waals surface area contributed by atoms with Crippen LogP contribution < -0.4 is 0 Å². The van der Waals surface area contributed by atoms with Crippen molar-refractivity contribution in [2.45, 2.75) is 30.4 Å². The van der Waals surface area contributed by atoms with Gasteiger partial charge in [-0.05, 0) is 30.9 Å². The van der Waals surface area contributed by atoms with Crippen molar-refractivity contribution in [3.05, 3.63) is 46.6 Å². The highest BCUT2D eigenvalue weighted by molar-refractivity contribution is 7.91. The van der Waals surface area contributed by atoms with Crippen LogP contribution in [0.5, 0.6) is 0 Å². The van der Waals surface area contributed by atoms with Crippen LogP contribution in [0.1, 0.15) is 36.5 Å². The molecule has 1 aliphatic carbocycles. The first-order valence-electron chi connectivity index (χ1n) is 6.68. The predicted molar refractivity (Wildman–Crippen MR) is 78.9 cm³/mol. The third kappa shape index (κ3) is 2.46. The van der Waals surface area contributed by atoms with E-state index in [0.29, 0.717) is 30.1 Å². The molecule has 112 valence electrons. The summed E-state index contributed by atoms with van der Waals surface area (Å²) in [4.78, 5) is 4.29. The van der Waals surface area contributed by atoms with Gasteiger partial charge in [0.15, 0.2) is 20.4 Å². The molecule has 7 heteroatoms. The smallest absolute Gasteiger partial charge is 0.248 e. The Kier molecular flexibility index (Phi) is 3.53. The zero-order valence-corrected chi connectivity index (χ0v) is 13.1. The van der Waals surface area contributed by atoms with Crippen molar-refractivity contribution in [1.29, 1.82) is 0 Å². The van der Waals surface area contributed by atoms with Gasteiger partial charge < -0.3 is 4.52 Å². The molecular weight excluding hydrogens is 312 g/mol. The lowest BCUT2D eigenvalue weighted by atomic mass is 9.84.